The van der Waals surface area contributed by atoms with Gasteiger partial charge in [0.05, 0.1) is 16.4 Å². The van der Waals surface area contributed by atoms with Gasteiger partial charge in [0.2, 0.25) is 0 Å². The Morgan fingerprint density at radius 2 is 2.20 bits per heavy atom. The Hall–Kier alpha value is -1.09. The van der Waals surface area contributed by atoms with Gasteiger partial charge in [-0.2, -0.15) is 0 Å². The van der Waals surface area contributed by atoms with Crippen molar-refractivity contribution in [2.45, 2.75) is 51.5 Å². The predicted molar refractivity (Wildman–Crippen MR) is 80.5 cm³/mol. The minimum atomic E-state index is -0.216. The van der Waals surface area contributed by atoms with Crippen LogP contribution in [0.4, 0.5) is 4.39 Å². The fourth-order valence-electron chi connectivity index (χ4n) is 3.22. The quantitative estimate of drug-likeness (QED) is 0.721. The van der Waals surface area contributed by atoms with Crippen molar-refractivity contribution in [2.24, 2.45) is 5.41 Å². The molecule has 1 unspecified atom stereocenters. The molecular formula is C16H20ClFN2. The summed E-state index contributed by atoms with van der Waals surface area (Å²) in [5, 5.41) is -0.167. The van der Waals surface area contributed by atoms with Crippen molar-refractivity contribution in [1.29, 1.82) is 0 Å². The highest BCUT2D eigenvalue weighted by atomic mass is 35.5. The summed E-state index contributed by atoms with van der Waals surface area (Å²) >= 11 is 6.28. The van der Waals surface area contributed by atoms with Gasteiger partial charge in [-0.3, -0.25) is 0 Å². The first-order valence-corrected chi connectivity index (χ1v) is 7.78. The Bertz CT molecular complexity index is 623. The number of hydrogen-bond acceptors (Lipinski definition) is 1. The van der Waals surface area contributed by atoms with Crippen molar-refractivity contribution in [3.8, 4) is 0 Å². The summed E-state index contributed by atoms with van der Waals surface area (Å²) in [6, 6.07) is 4.78. The minimum absolute atomic E-state index is 0.167. The smallest absolute Gasteiger partial charge is 0.127 e. The van der Waals surface area contributed by atoms with Crippen molar-refractivity contribution < 1.29 is 4.39 Å². The summed E-state index contributed by atoms with van der Waals surface area (Å²) in [6.07, 6.45) is 4.93. The van der Waals surface area contributed by atoms with Gasteiger partial charge in [0, 0.05) is 6.54 Å². The number of fused-ring (bicyclic) bond motifs is 1. The molecule has 2 nitrogen and oxygen atoms in total. The lowest BCUT2D eigenvalue weighted by Gasteiger charge is -2.42. The van der Waals surface area contributed by atoms with Crippen LogP contribution in [0.5, 0.6) is 0 Å². The van der Waals surface area contributed by atoms with Crippen LogP contribution >= 0.6 is 11.6 Å². The van der Waals surface area contributed by atoms with E-state index < -0.39 is 0 Å². The Morgan fingerprint density at radius 3 is 2.75 bits per heavy atom. The maximum Gasteiger partial charge on any atom is 0.127 e. The number of alkyl halides is 1. The van der Waals surface area contributed by atoms with Gasteiger partial charge in [-0.1, -0.05) is 13.3 Å². The fraction of sp³-hybridized carbons (Fsp3) is 0.562. The van der Waals surface area contributed by atoms with Crippen LogP contribution in [0.1, 0.15) is 50.7 Å². The molecule has 1 saturated carbocycles. The van der Waals surface area contributed by atoms with E-state index in [2.05, 4.69) is 16.5 Å². The third-order valence-electron chi connectivity index (χ3n) is 4.75. The average Bonchev–Trinajstić information content (AvgIpc) is 2.72. The van der Waals surface area contributed by atoms with E-state index in [0.717, 1.165) is 29.8 Å². The molecule has 2 aromatic rings. The summed E-state index contributed by atoms with van der Waals surface area (Å²) in [4.78, 5) is 4.59. The van der Waals surface area contributed by atoms with Crippen LogP contribution in [-0.4, -0.2) is 9.55 Å². The van der Waals surface area contributed by atoms with E-state index in [1.807, 2.05) is 6.92 Å². The molecule has 4 heteroatoms. The standard InChI is InChI=1S/C16H20ClFN2/c1-3-16(7-4-8-16)10-20-14-9-12(18)5-6-13(14)19-15(20)11(2)17/h5-6,9,11H,3-4,7-8,10H2,1-2H3. The van der Waals surface area contributed by atoms with Gasteiger partial charge >= 0.3 is 0 Å². The van der Waals surface area contributed by atoms with Gasteiger partial charge < -0.3 is 4.57 Å². The van der Waals surface area contributed by atoms with Crippen molar-refractivity contribution >= 4 is 22.6 Å². The highest BCUT2D eigenvalue weighted by Crippen LogP contribution is 2.46. The van der Waals surface area contributed by atoms with Crippen LogP contribution in [0.2, 0.25) is 0 Å². The minimum Gasteiger partial charge on any atom is -0.326 e. The zero-order chi connectivity index (χ0) is 14.3. The summed E-state index contributed by atoms with van der Waals surface area (Å²) in [5.41, 5.74) is 2.05. The summed E-state index contributed by atoms with van der Waals surface area (Å²) in [6.45, 7) is 5.06. The van der Waals surface area contributed by atoms with Gasteiger partial charge in [-0.05, 0) is 49.8 Å². The molecule has 20 heavy (non-hydrogen) atoms. The molecule has 1 aromatic carbocycles. The molecule has 0 aliphatic heterocycles. The third-order valence-corrected chi connectivity index (χ3v) is 4.95. The maximum absolute atomic E-state index is 13.6. The molecule has 0 spiro atoms. The molecule has 108 valence electrons. The molecule has 0 N–H and O–H groups in total. The second-order valence-corrected chi connectivity index (χ2v) is 6.67. The third kappa shape index (κ3) is 2.22. The second kappa shape index (κ2) is 5.03. The molecule has 0 radical (unpaired) electrons. The van der Waals surface area contributed by atoms with Crippen molar-refractivity contribution in [3.63, 3.8) is 0 Å². The molecule has 0 amide bonds. The molecule has 1 aliphatic rings. The van der Waals surface area contributed by atoms with E-state index in [-0.39, 0.29) is 11.2 Å². The molecule has 1 atom stereocenters. The normalized spacial score (nSPS) is 19.0. The number of rotatable bonds is 4. The van der Waals surface area contributed by atoms with E-state index in [1.54, 1.807) is 12.1 Å². The van der Waals surface area contributed by atoms with Crippen LogP contribution in [0.25, 0.3) is 11.0 Å². The zero-order valence-corrected chi connectivity index (χ0v) is 12.8. The van der Waals surface area contributed by atoms with E-state index in [1.165, 1.54) is 25.3 Å². The van der Waals surface area contributed by atoms with Crippen molar-refractivity contribution in [3.05, 3.63) is 29.8 Å². The second-order valence-electron chi connectivity index (χ2n) is 6.01. The monoisotopic (exact) mass is 294 g/mol. The predicted octanol–water partition coefficient (Wildman–Crippen LogP) is 5.06. The largest absolute Gasteiger partial charge is 0.326 e. The molecule has 1 heterocycles. The van der Waals surface area contributed by atoms with Crippen molar-refractivity contribution in [2.75, 3.05) is 0 Å². The summed E-state index contributed by atoms with van der Waals surface area (Å²) in [5.74, 6) is 0.638. The van der Waals surface area contributed by atoms with Gasteiger partial charge in [-0.15, -0.1) is 11.6 Å². The first-order chi connectivity index (χ1) is 9.54. The lowest BCUT2D eigenvalue weighted by Crippen LogP contribution is -2.34. The Morgan fingerprint density at radius 1 is 1.45 bits per heavy atom. The number of imidazole rings is 1. The lowest BCUT2D eigenvalue weighted by molar-refractivity contribution is 0.101. The number of benzene rings is 1. The lowest BCUT2D eigenvalue weighted by atomic mass is 9.67. The molecule has 0 saturated heterocycles. The Balaban J connectivity index is 2.10. The van der Waals surface area contributed by atoms with Gasteiger partial charge in [0.15, 0.2) is 0 Å². The molecule has 1 aliphatic carbocycles. The number of halogens is 2. The molecule has 1 aromatic heterocycles. The number of hydrogen-bond donors (Lipinski definition) is 0. The Kier molecular flexibility index (Phi) is 3.49. The highest BCUT2D eigenvalue weighted by Gasteiger charge is 2.36. The SMILES string of the molecule is CCC1(Cn2c(C(C)Cl)nc3ccc(F)cc32)CCC1. The van der Waals surface area contributed by atoms with Crippen LogP contribution in [0, 0.1) is 11.2 Å². The van der Waals surface area contributed by atoms with E-state index in [9.17, 15) is 4.39 Å². The van der Waals surface area contributed by atoms with Gasteiger partial charge in [0.1, 0.15) is 11.6 Å². The van der Waals surface area contributed by atoms with Crippen molar-refractivity contribution in [1.82, 2.24) is 9.55 Å². The first kappa shape index (κ1) is 13.9. The molecular weight excluding hydrogens is 275 g/mol. The summed E-state index contributed by atoms with van der Waals surface area (Å²) in [7, 11) is 0. The highest BCUT2D eigenvalue weighted by molar-refractivity contribution is 6.20. The number of nitrogens with zero attached hydrogens (tertiary/aromatic N) is 2. The molecule has 3 rings (SSSR count). The van der Waals surface area contributed by atoms with E-state index in [0.29, 0.717) is 5.41 Å². The van der Waals surface area contributed by atoms with Crippen LogP contribution in [0.15, 0.2) is 18.2 Å². The van der Waals surface area contributed by atoms with Crippen LogP contribution in [0.3, 0.4) is 0 Å². The fourth-order valence-corrected chi connectivity index (χ4v) is 3.39. The summed E-state index contributed by atoms with van der Waals surface area (Å²) < 4.78 is 15.7. The average molecular weight is 295 g/mol. The topological polar surface area (TPSA) is 17.8 Å². The van der Waals surface area contributed by atoms with Gasteiger partial charge in [-0.25, -0.2) is 9.37 Å². The number of aromatic nitrogens is 2. The first-order valence-electron chi connectivity index (χ1n) is 7.34. The van der Waals surface area contributed by atoms with E-state index in [4.69, 9.17) is 11.6 Å². The van der Waals surface area contributed by atoms with Crippen LogP contribution in [-0.2, 0) is 6.54 Å². The van der Waals surface area contributed by atoms with Crippen LogP contribution < -0.4 is 0 Å². The molecule has 1 fully saturated rings. The maximum atomic E-state index is 13.6. The Labute approximate surface area is 123 Å². The zero-order valence-electron chi connectivity index (χ0n) is 12.0. The van der Waals surface area contributed by atoms with E-state index >= 15 is 0 Å². The van der Waals surface area contributed by atoms with Gasteiger partial charge in [0.25, 0.3) is 0 Å². The molecule has 0 bridgehead atoms.